The third kappa shape index (κ3) is 2.29. The predicted octanol–water partition coefficient (Wildman–Crippen LogP) is 4.10. The maximum absolute atomic E-state index is 13.3. The number of hydrogen-bond donors (Lipinski definition) is 0. The van der Waals surface area contributed by atoms with Gasteiger partial charge in [-0.3, -0.25) is 14.4 Å². The number of esters is 1. The summed E-state index contributed by atoms with van der Waals surface area (Å²) in [6.45, 7) is 8.20. The van der Waals surface area contributed by atoms with Crippen molar-refractivity contribution >= 4 is 17.5 Å². The third-order valence-electron chi connectivity index (χ3n) is 9.11. The highest BCUT2D eigenvalue weighted by atomic mass is 16.5. The highest BCUT2D eigenvalue weighted by Crippen LogP contribution is 2.68. The van der Waals surface area contributed by atoms with Gasteiger partial charge in [-0.1, -0.05) is 20.8 Å². The summed E-state index contributed by atoms with van der Waals surface area (Å²) in [4.78, 5) is 37.3. The van der Waals surface area contributed by atoms with Crippen LogP contribution in [0.15, 0.2) is 0 Å². The maximum Gasteiger partial charge on any atom is 0.302 e. The summed E-state index contributed by atoms with van der Waals surface area (Å²) in [5.74, 6) is 1.20. The van der Waals surface area contributed by atoms with Crippen molar-refractivity contribution in [1.82, 2.24) is 0 Å². The van der Waals surface area contributed by atoms with Crippen molar-refractivity contribution in [3.63, 3.8) is 0 Å². The van der Waals surface area contributed by atoms with Crippen molar-refractivity contribution in [2.24, 2.45) is 34.0 Å². The summed E-state index contributed by atoms with van der Waals surface area (Å²) in [6.07, 6.45) is 6.67. The van der Waals surface area contributed by atoms with Crippen LogP contribution in [0.4, 0.5) is 0 Å². The van der Waals surface area contributed by atoms with Gasteiger partial charge in [-0.25, -0.2) is 0 Å². The van der Waals surface area contributed by atoms with Crippen molar-refractivity contribution in [3.05, 3.63) is 0 Å². The van der Waals surface area contributed by atoms with E-state index in [1.807, 2.05) is 0 Å². The first kappa shape index (κ1) is 18.2. The van der Waals surface area contributed by atoms with Crippen LogP contribution in [-0.4, -0.2) is 23.6 Å². The van der Waals surface area contributed by atoms with Crippen molar-refractivity contribution in [2.75, 3.05) is 0 Å². The lowest BCUT2D eigenvalue weighted by Gasteiger charge is -2.63. The molecule has 0 aliphatic heterocycles. The van der Waals surface area contributed by atoms with Gasteiger partial charge in [0, 0.05) is 31.1 Å². The van der Waals surface area contributed by atoms with Gasteiger partial charge >= 0.3 is 5.97 Å². The van der Waals surface area contributed by atoms with Gasteiger partial charge in [0.05, 0.1) is 0 Å². The van der Waals surface area contributed by atoms with Crippen LogP contribution in [0.25, 0.3) is 0 Å². The van der Waals surface area contributed by atoms with E-state index in [4.69, 9.17) is 4.74 Å². The first-order chi connectivity index (χ1) is 12.1. The van der Waals surface area contributed by atoms with Gasteiger partial charge in [0.1, 0.15) is 17.7 Å². The van der Waals surface area contributed by atoms with Crippen LogP contribution in [0.5, 0.6) is 0 Å². The molecule has 0 amide bonds. The van der Waals surface area contributed by atoms with Crippen LogP contribution in [0.3, 0.4) is 0 Å². The Morgan fingerprint density at radius 3 is 2.46 bits per heavy atom. The van der Waals surface area contributed by atoms with E-state index >= 15 is 0 Å². The fourth-order valence-electron chi connectivity index (χ4n) is 7.42. The molecule has 4 aliphatic rings. The Morgan fingerprint density at radius 1 is 1.04 bits per heavy atom. The normalized spacial score (nSPS) is 50.6. The molecule has 0 saturated heterocycles. The fraction of sp³-hybridized carbons (Fsp3) is 0.864. The number of fused-ring (bicyclic) bond motifs is 5. The van der Waals surface area contributed by atoms with E-state index in [1.54, 1.807) is 0 Å². The minimum atomic E-state index is -0.268. The van der Waals surface area contributed by atoms with Crippen LogP contribution < -0.4 is 0 Å². The molecule has 0 heterocycles. The molecule has 0 N–H and O–H groups in total. The van der Waals surface area contributed by atoms with E-state index in [0.717, 1.165) is 38.5 Å². The minimum absolute atomic E-state index is 0.0585. The predicted molar refractivity (Wildman–Crippen MR) is 97.3 cm³/mol. The summed E-state index contributed by atoms with van der Waals surface area (Å²) >= 11 is 0. The van der Waals surface area contributed by atoms with E-state index in [2.05, 4.69) is 20.8 Å². The molecule has 0 spiro atoms. The molecule has 0 aromatic rings. The largest absolute Gasteiger partial charge is 0.463 e. The summed E-state index contributed by atoms with van der Waals surface area (Å²) in [5.41, 5.74) is -0.287. The summed E-state index contributed by atoms with van der Waals surface area (Å²) in [7, 11) is 0. The van der Waals surface area contributed by atoms with Crippen molar-refractivity contribution in [1.29, 1.82) is 0 Å². The standard InChI is InChI=1S/C22H32O4/c1-13(23)26-14-7-10-22(4)16-8-9-21(3)15(5-6-18(21)25)19(16)17(24)12-20(22,2)11-14/h14-16,19H,5-12H2,1-4H3/t14-,15-,16-,19+,20-,21-,22+/m1/s1. The first-order valence-corrected chi connectivity index (χ1v) is 10.3. The second-order valence-electron chi connectivity index (χ2n) is 10.3. The molecule has 0 aromatic carbocycles. The summed E-state index contributed by atoms with van der Waals surface area (Å²) < 4.78 is 5.53. The van der Waals surface area contributed by atoms with E-state index in [-0.39, 0.29) is 40.2 Å². The monoisotopic (exact) mass is 360 g/mol. The Labute approximate surface area is 156 Å². The van der Waals surface area contributed by atoms with Gasteiger partial charge in [0.15, 0.2) is 0 Å². The molecule has 4 nitrogen and oxygen atoms in total. The smallest absolute Gasteiger partial charge is 0.302 e. The van der Waals surface area contributed by atoms with Crippen LogP contribution in [0.2, 0.25) is 0 Å². The lowest BCUT2D eigenvalue weighted by atomic mass is 9.40. The Morgan fingerprint density at radius 2 is 1.77 bits per heavy atom. The maximum atomic E-state index is 13.3. The molecule has 4 aliphatic carbocycles. The van der Waals surface area contributed by atoms with Gasteiger partial charge in [-0.05, 0) is 61.2 Å². The van der Waals surface area contributed by atoms with Crippen LogP contribution in [0.1, 0.15) is 79.1 Å². The lowest BCUT2D eigenvalue weighted by molar-refractivity contribution is -0.185. The number of ketones is 2. The highest BCUT2D eigenvalue weighted by Gasteiger charge is 2.66. The molecule has 0 radical (unpaired) electrons. The molecule has 4 fully saturated rings. The first-order valence-electron chi connectivity index (χ1n) is 10.3. The second kappa shape index (κ2) is 5.65. The molecule has 0 bridgehead atoms. The minimum Gasteiger partial charge on any atom is -0.463 e. The Kier molecular flexibility index (Phi) is 3.95. The van der Waals surface area contributed by atoms with Crippen LogP contribution in [0, 0.1) is 34.0 Å². The molecule has 26 heavy (non-hydrogen) atoms. The second-order valence-corrected chi connectivity index (χ2v) is 10.3. The number of Topliss-reactive ketones (excluding diaryl/α,β-unsaturated/α-hetero) is 2. The fourth-order valence-corrected chi connectivity index (χ4v) is 7.42. The molecule has 4 heteroatoms. The molecule has 4 saturated carbocycles. The van der Waals surface area contributed by atoms with Crippen LogP contribution >= 0.6 is 0 Å². The highest BCUT2D eigenvalue weighted by molar-refractivity contribution is 5.90. The number of rotatable bonds is 1. The van der Waals surface area contributed by atoms with E-state index in [9.17, 15) is 14.4 Å². The summed E-state index contributed by atoms with van der Waals surface area (Å²) in [6, 6.07) is 0. The quantitative estimate of drug-likeness (QED) is 0.661. The van der Waals surface area contributed by atoms with Crippen molar-refractivity contribution < 1.29 is 19.1 Å². The molecule has 4 rings (SSSR count). The summed E-state index contributed by atoms with van der Waals surface area (Å²) in [5, 5.41) is 0. The zero-order chi connectivity index (χ0) is 18.9. The topological polar surface area (TPSA) is 60.4 Å². The van der Waals surface area contributed by atoms with Crippen molar-refractivity contribution in [2.45, 2.75) is 85.2 Å². The third-order valence-corrected chi connectivity index (χ3v) is 9.11. The van der Waals surface area contributed by atoms with Gasteiger partial charge in [0.2, 0.25) is 0 Å². The Hall–Kier alpha value is -1.19. The van der Waals surface area contributed by atoms with E-state index in [0.29, 0.717) is 30.3 Å². The molecular weight excluding hydrogens is 328 g/mol. The number of carbonyl (C=O) groups is 3. The Bertz CT molecular complexity index is 669. The average Bonchev–Trinajstić information content (AvgIpc) is 2.84. The van der Waals surface area contributed by atoms with E-state index in [1.165, 1.54) is 6.92 Å². The SMILES string of the molecule is CC(=O)O[C@@H]1CC[C@@]2(C)[C@@H]3CC[C@@]4(C)C(=O)CC[C@@H]4[C@@H]3C(=O)C[C@@]2(C)C1. The molecule has 144 valence electrons. The lowest BCUT2D eigenvalue weighted by Crippen LogP contribution is -2.61. The zero-order valence-corrected chi connectivity index (χ0v) is 16.6. The van der Waals surface area contributed by atoms with Gasteiger partial charge in [-0.15, -0.1) is 0 Å². The average molecular weight is 360 g/mol. The number of ether oxygens (including phenoxy) is 1. The number of hydrogen-bond acceptors (Lipinski definition) is 4. The molecule has 0 aromatic heterocycles. The zero-order valence-electron chi connectivity index (χ0n) is 16.6. The molecule has 7 atom stereocenters. The van der Waals surface area contributed by atoms with E-state index < -0.39 is 0 Å². The molecular formula is C22H32O4. The van der Waals surface area contributed by atoms with Gasteiger partial charge in [-0.2, -0.15) is 0 Å². The Balaban J connectivity index is 1.66. The van der Waals surface area contributed by atoms with Gasteiger partial charge in [0.25, 0.3) is 0 Å². The van der Waals surface area contributed by atoms with Gasteiger partial charge < -0.3 is 4.74 Å². The molecule has 0 unspecified atom stereocenters. The number of carbonyl (C=O) groups excluding carboxylic acids is 3. The van der Waals surface area contributed by atoms with Crippen molar-refractivity contribution in [3.8, 4) is 0 Å². The van der Waals surface area contributed by atoms with Crippen LogP contribution in [-0.2, 0) is 19.1 Å².